The predicted octanol–water partition coefficient (Wildman–Crippen LogP) is -0.172. The second kappa shape index (κ2) is 4.98. The van der Waals surface area contributed by atoms with Gasteiger partial charge in [0.15, 0.2) is 6.29 Å². The molecule has 0 aromatic carbocycles. The Kier molecular flexibility index (Phi) is 3.81. The molecule has 0 unspecified atom stereocenters. The summed E-state index contributed by atoms with van der Waals surface area (Å²) in [6.45, 7) is 3.26. The number of aliphatic hydroxyl groups excluding tert-OH is 1. The fourth-order valence-corrected chi connectivity index (χ4v) is 2.03. The highest BCUT2D eigenvalue weighted by atomic mass is 16.7. The van der Waals surface area contributed by atoms with Crippen LogP contribution in [0, 0.1) is 0 Å². The Morgan fingerprint density at radius 3 is 2.69 bits per heavy atom. The van der Waals surface area contributed by atoms with Crippen molar-refractivity contribution in [1.82, 2.24) is 4.90 Å². The van der Waals surface area contributed by atoms with Gasteiger partial charge in [-0.05, 0) is 21.0 Å². The molecule has 2 aliphatic rings. The number of hydrogen-bond donors (Lipinski definition) is 1. The quantitative estimate of drug-likeness (QED) is 0.681. The van der Waals surface area contributed by atoms with E-state index in [2.05, 4.69) is 0 Å². The van der Waals surface area contributed by atoms with E-state index in [0.717, 1.165) is 6.61 Å². The number of nitrogens with zero attached hydrogens (tertiary/aromatic N) is 1. The van der Waals surface area contributed by atoms with Crippen LogP contribution < -0.4 is 0 Å². The second-order valence-corrected chi connectivity index (χ2v) is 4.82. The monoisotopic (exact) mass is 231 g/mol. The number of epoxide rings is 1. The first-order chi connectivity index (χ1) is 7.58. The third-order valence-corrected chi connectivity index (χ3v) is 3.21. The highest BCUT2D eigenvalue weighted by molar-refractivity contribution is 4.86. The van der Waals surface area contributed by atoms with Crippen molar-refractivity contribution >= 4 is 0 Å². The van der Waals surface area contributed by atoms with Crippen LogP contribution in [0.5, 0.6) is 0 Å². The number of hydrogen-bond acceptors (Lipinski definition) is 5. The fourth-order valence-electron chi connectivity index (χ4n) is 2.03. The van der Waals surface area contributed by atoms with Gasteiger partial charge in [0, 0.05) is 12.5 Å². The average Bonchev–Trinajstić information content (AvgIpc) is 3.02. The SMILES string of the molecule is C[C@H]1O[C@@H](OC[C@@H]2CO2)C[C@@H](N(C)C)[C@@H]1O. The van der Waals surface area contributed by atoms with E-state index in [1.165, 1.54) is 0 Å². The molecule has 2 heterocycles. The topological polar surface area (TPSA) is 54.5 Å². The van der Waals surface area contributed by atoms with E-state index in [-0.39, 0.29) is 24.5 Å². The van der Waals surface area contributed by atoms with Crippen LogP contribution in [0.25, 0.3) is 0 Å². The van der Waals surface area contributed by atoms with E-state index in [4.69, 9.17) is 14.2 Å². The minimum Gasteiger partial charge on any atom is -0.389 e. The fraction of sp³-hybridized carbons (Fsp3) is 1.00. The normalized spacial score (nSPS) is 43.7. The van der Waals surface area contributed by atoms with Crippen LogP contribution in [0.15, 0.2) is 0 Å². The number of ether oxygens (including phenoxy) is 3. The van der Waals surface area contributed by atoms with Gasteiger partial charge in [0.25, 0.3) is 0 Å². The minimum atomic E-state index is -0.452. The van der Waals surface area contributed by atoms with Crippen LogP contribution >= 0.6 is 0 Å². The zero-order valence-corrected chi connectivity index (χ0v) is 10.1. The van der Waals surface area contributed by atoms with Crippen molar-refractivity contribution in [2.24, 2.45) is 0 Å². The molecular weight excluding hydrogens is 210 g/mol. The Labute approximate surface area is 96.3 Å². The summed E-state index contributed by atoms with van der Waals surface area (Å²) in [5, 5.41) is 9.97. The average molecular weight is 231 g/mol. The highest BCUT2D eigenvalue weighted by Gasteiger charge is 2.37. The van der Waals surface area contributed by atoms with E-state index < -0.39 is 6.10 Å². The van der Waals surface area contributed by atoms with Gasteiger partial charge in [-0.15, -0.1) is 0 Å². The second-order valence-electron chi connectivity index (χ2n) is 4.82. The molecule has 0 bridgehead atoms. The van der Waals surface area contributed by atoms with E-state index in [0.29, 0.717) is 13.0 Å². The molecule has 94 valence electrons. The van der Waals surface area contributed by atoms with E-state index >= 15 is 0 Å². The summed E-state index contributed by atoms with van der Waals surface area (Å²) < 4.78 is 16.3. The maximum absolute atomic E-state index is 9.97. The molecule has 1 N–H and O–H groups in total. The summed E-state index contributed by atoms with van der Waals surface area (Å²) in [7, 11) is 3.93. The smallest absolute Gasteiger partial charge is 0.159 e. The molecule has 0 saturated carbocycles. The van der Waals surface area contributed by atoms with Gasteiger partial charge in [0.05, 0.1) is 25.4 Å². The maximum atomic E-state index is 9.97. The van der Waals surface area contributed by atoms with Gasteiger partial charge in [-0.2, -0.15) is 0 Å². The van der Waals surface area contributed by atoms with Crippen molar-refractivity contribution in [2.75, 3.05) is 27.3 Å². The third kappa shape index (κ3) is 2.93. The maximum Gasteiger partial charge on any atom is 0.159 e. The van der Waals surface area contributed by atoms with Gasteiger partial charge in [-0.25, -0.2) is 0 Å². The summed E-state index contributed by atoms with van der Waals surface area (Å²) >= 11 is 0. The lowest BCUT2D eigenvalue weighted by Gasteiger charge is -2.40. The number of likely N-dealkylation sites (N-methyl/N-ethyl adjacent to an activating group) is 1. The molecule has 2 fully saturated rings. The molecule has 5 atom stereocenters. The van der Waals surface area contributed by atoms with Crippen molar-refractivity contribution in [3.63, 3.8) is 0 Å². The van der Waals surface area contributed by atoms with Gasteiger partial charge >= 0.3 is 0 Å². The predicted molar refractivity (Wildman–Crippen MR) is 58.1 cm³/mol. The molecular formula is C11H21NO4. The van der Waals surface area contributed by atoms with Gasteiger partial charge < -0.3 is 24.2 Å². The van der Waals surface area contributed by atoms with Crippen molar-refractivity contribution in [3.05, 3.63) is 0 Å². The zero-order valence-electron chi connectivity index (χ0n) is 10.1. The van der Waals surface area contributed by atoms with Crippen LogP contribution in [0.2, 0.25) is 0 Å². The molecule has 0 aromatic heterocycles. The third-order valence-electron chi connectivity index (χ3n) is 3.21. The van der Waals surface area contributed by atoms with Gasteiger partial charge in [0.2, 0.25) is 0 Å². The Balaban J connectivity index is 1.84. The summed E-state index contributed by atoms with van der Waals surface area (Å²) in [5.41, 5.74) is 0. The molecule has 0 amide bonds. The van der Waals surface area contributed by atoms with E-state index in [9.17, 15) is 5.11 Å². The number of rotatable bonds is 4. The standard InChI is InChI=1S/C11H21NO4/c1-7-11(13)9(12(2)3)4-10(16-7)15-6-8-5-14-8/h7-11,13H,4-6H2,1-3H3/t7-,8+,9-,10-,11-/m1/s1. The van der Waals surface area contributed by atoms with Crippen LogP contribution in [0.4, 0.5) is 0 Å². The van der Waals surface area contributed by atoms with Crippen LogP contribution in [-0.4, -0.2) is 68.0 Å². The Hall–Kier alpha value is -0.200. The van der Waals surface area contributed by atoms with Crippen LogP contribution in [-0.2, 0) is 14.2 Å². The summed E-state index contributed by atoms with van der Waals surface area (Å²) in [4.78, 5) is 2.02. The Morgan fingerprint density at radius 2 is 2.12 bits per heavy atom. The van der Waals surface area contributed by atoms with Crippen molar-refractivity contribution in [3.8, 4) is 0 Å². The lowest BCUT2D eigenvalue weighted by molar-refractivity contribution is -0.235. The molecule has 0 aromatic rings. The molecule has 2 rings (SSSR count). The molecule has 5 heteroatoms. The Morgan fingerprint density at radius 1 is 1.44 bits per heavy atom. The first kappa shape index (κ1) is 12.3. The lowest BCUT2D eigenvalue weighted by atomic mass is 9.99. The first-order valence-corrected chi connectivity index (χ1v) is 5.81. The minimum absolute atomic E-state index is 0.0915. The van der Waals surface area contributed by atoms with Gasteiger partial charge in [0.1, 0.15) is 6.10 Å². The molecule has 0 spiro atoms. The van der Waals surface area contributed by atoms with Crippen LogP contribution in [0.3, 0.4) is 0 Å². The summed E-state index contributed by atoms with van der Waals surface area (Å²) in [6.07, 6.45) is 0.0856. The van der Waals surface area contributed by atoms with Gasteiger partial charge in [-0.1, -0.05) is 0 Å². The van der Waals surface area contributed by atoms with Gasteiger partial charge in [-0.3, -0.25) is 0 Å². The number of aliphatic hydroxyl groups is 1. The molecule has 0 radical (unpaired) electrons. The van der Waals surface area contributed by atoms with E-state index in [1.54, 1.807) is 0 Å². The largest absolute Gasteiger partial charge is 0.389 e. The molecule has 2 saturated heterocycles. The molecule has 0 aliphatic carbocycles. The lowest BCUT2D eigenvalue weighted by Crippen LogP contribution is -2.53. The van der Waals surface area contributed by atoms with Crippen molar-refractivity contribution < 1.29 is 19.3 Å². The zero-order chi connectivity index (χ0) is 11.7. The van der Waals surface area contributed by atoms with Crippen molar-refractivity contribution in [2.45, 2.75) is 44.0 Å². The molecule has 2 aliphatic heterocycles. The van der Waals surface area contributed by atoms with E-state index in [1.807, 2.05) is 25.9 Å². The Bertz CT molecular complexity index is 232. The van der Waals surface area contributed by atoms with Crippen LogP contribution in [0.1, 0.15) is 13.3 Å². The molecule has 16 heavy (non-hydrogen) atoms. The first-order valence-electron chi connectivity index (χ1n) is 5.81. The summed E-state index contributed by atoms with van der Waals surface area (Å²) in [5.74, 6) is 0. The molecule has 5 nitrogen and oxygen atoms in total. The highest BCUT2D eigenvalue weighted by Crippen LogP contribution is 2.24. The summed E-state index contributed by atoms with van der Waals surface area (Å²) in [6, 6.07) is 0.0915. The van der Waals surface area contributed by atoms with Crippen molar-refractivity contribution in [1.29, 1.82) is 0 Å².